The fraction of sp³-hybridized carbons (Fsp3) is 1.00. The lowest BCUT2D eigenvalue weighted by atomic mass is 10.1. The van der Waals surface area contributed by atoms with E-state index in [9.17, 15) is 5.21 Å². The summed E-state index contributed by atoms with van der Waals surface area (Å²) >= 11 is 0. The van der Waals surface area contributed by atoms with Gasteiger partial charge in [0.25, 0.3) is 0 Å². The summed E-state index contributed by atoms with van der Waals surface area (Å²) in [6.45, 7) is 1.03. The van der Waals surface area contributed by atoms with Crippen molar-refractivity contribution >= 4 is 0 Å². The van der Waals surface area contributed by atoms with Gasteiger partial charge in [0.2, 0.25) is 0 Å². The van der Waals surface area contributed by atoms with E-state index in [0.29, 0.717) is 13.1 Å². The molecule has 0 spiro atoms. The van der Waals surface area contributed by atoms with Gasteiger partial charge in [0.15, 0.2) is 0 Å². The number of hydrogen-bond donors (Lipinski definition) is 2. The maximum Gasteiger partial charge on any atom is 0.126 e. The van der Waals surface area contributed by atoms with Gasteiger partial charge in [-0.3, -0.25) is 0 Å². The van der Waals surface area contributed by atoms with Gasteiger partial charge in [-0.25, -0.2) is 0 Å². The molecule has 1 aliphatic rings. The molecule has 1 saturated heterocycles. The third-order valence-corrected chi connectivity index (χ3v) is 2.39. The lowest BCUT2D eigenvalue weighted by Gasteiger charge is -2.46. The van der Waals surface area contributed by atoms with Crippen molar-refractivity contribution in [1.82, 2.24) is 0 Å². The molecule has 1 aliphatic heterocycles. The van der Waals surface area contributed by atoms with Gasteiger partial charge < -0.3 is 20.1 Å². The Bertz CT molecular complexity index is 134. The molecule has 0 aliphatic carbocycles. The third-order valence-electron chi connectivity index (χ3n) is 2.39. The summed E-state index contributed by atoms with van der Waals surface area (Å²) < 4.78 is -0.318. The van der Waals surface area contributed by atoms with E-state index in [1.165, 1.54) is 0 Å². The molecular weight excluding hydrogens is 158 g/mol. The van der Waals surface area contributed by atoms with Crippen molar-refractivity contribution in [3.63, 3.8) is 0 Å². The molecule has 1 unspecified atom stereocenters. The van der Waals surface area contributed by atoms with Crippen LogP contribution in [-0.4, -0.2) is 47.2 Å². The number of piperidine rings is 1. The Morgan fingerprint density at radius 2 is 1.83 bits per heavy atom. The van der Waals surface area contributed by atoms with Gasteiger partial charge in [0, 0.05) is 0 Å². The zero-order valence-electron chi connectivity index (χ0n) is 7.28. The summed E-state index contributed by atoms with van der Waals surface area (Å²) in [4.78, 5) is 0. The molecule has 0 amide bonds. The van der Waals surface area contributed by atoms with Crippen LogP contribution in [0, 0.1) is 5.21 Å². The SMILES string of the molecule is [O-][N+]1(CC(O)CO)CCCCC1. The number of quaternary nitrogens is 1. The first-order valence-corrected chi connectivity index (χ1v) is 4.52. The molecule has 0 radical (unpaired) electrons. The second kappa shape index (κ2) is 4.18. The topological polar surface area (TPSA) is 63.5 Å². The van der Waals surface area contributed by atoms with Crippen LogP contribution in [0.1, 0.15) is 19.3 Å². The Kier molecular flexibility index (Phi) is 3.46. The Morgan fingerprint density at radius 1 is 1.25 bits per heavy atom. The first kappa shape index (κ1) is 9.92. The Balaban J connectivity index is 2.35. The van der Waals surface area contributed by atoms with Crippen molar-refractivity contribution in [3.05, 3.63) is 5.21 Å². The number of hydroxylamine groups is 3. The summed E-state index contributed by atoms with van der Waals surface area (Å²) in [6, 6.07) is 0. The molecule has 0 aromatic rings. The molecule has 0 bridgehead atoms. The minimum Gasteiger partial charge on any atom is -0.633 e. The van der Waals surface area contributed by atoms with Gasteiger partial charge in [-0.05, 0) is 19.3 Å². The standard InChI is InChI=1S/C8H17NO3/c10-7-8(11)6-9(12)4-2-1-3-5-9/h8,10-11H,1-7H2. The molecule has 0 saturated carbocycles. The van der Waals surface area contributed by atoms with E-state index in [2.05, 4.69) is 0 Å². The largest absolute Gasteiger partial charge is 0.633 e. The van der Waals surface area contributed by atoms with E-state index in [4.69, 9.17) is 10.2 Å². The van der Waals surface area contributed by atoms with Gasteiger partial charge in [-0.1, -0.05) is 0 Å². The van der Waals surface area contributed by atoms with E-state index in [1.807, 2.05) is 0 Å². The van der Waals surface area contributed by atoms with Crippen LogP contribution in [0.25, 0.3) is 0 Å². The van der Waals surface area contributed by atoms with Gasteiger partial charge in [0.05, 0.1) is 19.7 Å². The zero-order chi connectivity index (χ0) is 9.03. The second-order valence-corrected chi connectivity index (χ2v) is 3.58. The zero-order valence-corrected chi connectivity index (χ0v) is 7.28. The molecule has 1 rings (SSSR count). The summed E-state index contributed by atoms with van der Waals surface area (Å²) in [5, 5.41) is 29.4. The fourth-order valence-electron chi connectivity index (χ4n) is 1.71. The molecule has 1 fully saturated rings. The minimum absolute atomic E-state index is 0.149. The van der Waals surface area contributed by atoms with Crippen LogP contribution in [-0.2, 0) is 0 Å². The molecule has 2 N–H and O–H groups in total. The summed E-state index contributed by atoms with van der Waals surface area (Å²) in [6.07, 6.45) is 2.17. The average molecular weight is 175 g/mol. The number of aliphatic hydroxyl groups is 2. The number of nitrogens with zero attached hydrogens (tertiary/aromatic N) is 1. The highest BCUT2D eigenvalue weighted by atomic mass is 16.5. The molecule has 0 aromatic heterocycles. The van der Waals surface area contributed by atoms with Crippen molar-refractivity contribution in [2.75, 3.05) is 26.2 Å². The van der Waals surface area contributed by atoms with Crippen LogP contribution in [0.5, 0.6) is 0 Å². The van der Waals surface area contributed by atoms with Crippen LogP contribution in [0.15, 0.2) is 0 Å². The summed E-state index contributed by atoms with van der Waals surface area (Å²) in [7, 11) is 0. The Morgan fingerprint density at radius 3 is 2.33 bits per heavy atom. The highest BCUT2D eigenvalue weighted by molar-refractivity contribution is 4.58. The number of hydrogen-bond acceptors (Lipinski definition) is 3. The van der Waals surface area contributed by atoms with Crippen molar-refractivity contribution < 1.29 is 14.9 Å². The van der Waals surface area contributed by atoms with Gasteiger partial charge in [0.1, 0.15) is 12.6 Å². The maximum absolute atomic E-state index is 11.8. The molecule has 4 heteroatoms. The minimum atomic E-state index is -0.847. The predicted molar refractivity (Wildman–Crippen MR) is 45.2 cm³/mol. The van der Waals surface area contributed by atoms with Gasteiger partial charge in [-0.15, -0.1) is 0 Å². The molecule has 1 atom stereocenters. The number of rotatable bonds is 3. The van der Waals surface area contributed by atoms with Gasteiger partial charge in [-0.2, -0.15) is 0 Å². The van der Waals surface area contributed by atoms with E-state index < -0.39 is 6.10 Å². The summed E-state index contributed by atoms with van der Waals surface area (Å²) in [5.41, 5.74) is 0. The van der Waals surface area contributed by atoms with Crippen molar-refractivity contribution in [2.24, 2.45) is 0 Å². The van der Waals surface area contributed by atoms with Crippen LogP contribution in [0.3, 0.4) is 0 Å². The normalized spacial score (nSPS) is 25.2. The van der Waals surface area contributed by atoms with E-state index in [-0.39, 0.29) is 17.8 Å². The fourth-order valence-corrected chi connectivity index (χ4v) is 1.71. The van der Waals surface area contributed by atoms with Crippen LogP contribution >= 0.6 is 0 Å². The van der Waals surface area contributed by atoms with E-state index in [0.717, 1.165) is 19.3 Å². The second-order valence-electron chi connectivity index (χ2n) is 3.58. The summed E-state index contributed by atoms with van der Waals surface area (Å²) in [5.74, 6) is 0. The lowest BCUT2D eigenvalue weighted by molar-refractivity contribution is -0.888. The molecule has 4 nitrogen and oxygen atoms in total. The van der Waals surface area contributed by atoms with Crippen molar-refractivity contribution in [2.45, 2.75) is 25.4 Å². The monoisotopic (exact) mass is 175 g/mol. The highest BCUT2D eigenvalue weighted by Crippen LogP contribution is 2.17. The Labute approximate surface area is 72.6 Å². The molecule has 1 heterocycles. The van der Waals surface area contributed by atoms with Crippen LogP contribution in [0.4, 0.5) is 0 Å². The number of aliphatic hydroxyl groups excluding tert-OH is 2. The first-order valence-electron chi connectivity index (χ1n) is 4.52. The molecule has 12 heavy (non-hydrogen) atoms. The predicted octanol–water partition coefficient (Wildman–Crippen LogP) is -0.162. The first-order chi connectivity index (χ1) is 5.66. The van der Waals surface area contributed by atoms with Crippen molar-refractivity contribution in [1.29, 1.82) is 0 Å². The van der Waals surface area contributed by atoms with Crippen molar-refractivity contribution in [3.8, 4) is 0 Å². The van der Waals surface area contributed by atoms with E-state index >= 15 is 0 Å². The number of likely N-dealkylation sites (tertiary alicyclic amines) is 1. The van der Waals surface area contributed by atoms with Crippen LogP contribution in [0.2, 0.25) is 0 Å². The maximum atomic E-state index is 11.8. The van der Waals surface area contributed by atoms with Gasteiger partial charge >= 0.3 is 0 Å². The molecule has 0 aromatic carbocycles. The highest BCUT2D eigenvalue weighted by Gasteiger charge is 2.23. The quantitative estimate of drug-likeness (QED) is 0.462. The average Bonchev–Trinajstić information content (AvgIpc) is 2.05. The third kappa shape index (κ3) is 2.71. The Hall–Kier alpha value is -0.160. The molecular formula is C8H17NO3. The van der Waals surface area contributed by atoms with Crippen LogP contribution < -0.4 is 0 Å². The van der Waals surface area contributed by atoms with E-state index in [1.54, 1.807) is 0 Å². The molecule has 72 valence electrons. The lowest BCUT2D eigenvalue weighted by Crippen LogP contribution is -2.51. The smallest absolute Gasteiger partial charge is 0.126 e.